The van der Waals surface area contributed by atoms with Gasteiger partial charge in [0, 0.05) is 5.92 Å². The molecule has 4 rings (SSSR count). The summed E-state index contributed by atoms with van der Waals surface area (Å²) in [5.41, 5.74) is 8.19. The molecule has 3 saturated carbocycles. The highest BCUT2D eigenvalue weighted by molar-refractivity contribution is 5.84. The summed E-state index contributed by atoms with van der Waals surface area (Å²) < 4.78 is 0. The van der Waals surface area contributed by atoms with Gasteiger partial charge < -0.3 is 5.73 Å². The molecule has 0 aromatic heterocycles. The molecular weight excluding hydrogens is 282 g/mol. The molecular formula is C21H33NO. The average Bonchev–Trinajstić information content (AvgIpc) is 2.91. The van der Waals surface area contributed by atoms with Gasteiger partial charge in [-0.05, 0) is 80.0 Å². The number of carbonyl (C=O) groups is 1. The molecule has 2 heteroatoms. The summed E-state index contributed by atoms with van der Waals surface area (Å²) in [6.45, 7) is 5.22. The van der Waals surface area contributed by atoms with Gasteiger partial charge in [-0.3, -0.25) is 4.79 Å². The van der Waals surface area contributed by atoms with Crippen LogP contribution in [0.3, 0.4) is 0 Å². The van der Waals surface area contributed by atoms with E-state index in [4.69, 9.17) is 5.73 Å². The Morgan fingerprint density at radius 1 is 1.17 bits per heavy atom. The Balaban J connectivity index is 1.65. The zero-order valence-corrected chi connectivity index (χ0v) is 14.9. The van der Waals surface area contributed by atoms with Crippen molar-refractivity contribution in [2.24, 2.45) is 40.2 Å². The Bertz CT molecular complexity index is 538. The minimum Gasteiger partial charge on any atom is -0.324 e. The SMILES string of the molecule is C[C@]12CC[C@H]3[C@@H](CC=C4CCCC[C@@]43C)[C@@H]1CC[C@@H]2C(=O)CN. The van der Waals surface area contributed by atoms with Gasteiger partial charge in [-0.15, -0.1) is 0 Å². The molecule has 2 nitrogen and oxygen atoms in total. The Morgan fingerprint density at radius 2 is 2.00 bits per heavy atom. The van der Waals surface area contributed by atoms with E-state index in [0.29, 0.717) is 11.2 Å². The second kappa shape index (κ2) is 5.44. The van der Waals surface area contributed by atoms with Crippen LogP contribution in [0, 0.1) is 34.5 Å². The minimum absolute atomic E-state index is 0.230. The quantitative estimate of drug-likeness (QED) is 0.763. The van der Waals surface area contributed by atoms with Gasteiger partial charge in [-0.1, -0.05) is 31.9 Å². The molecule has 0 unspecified atom stereocenters. The van der Waals surface area contributed by atoms with Gasteiger partial charge in [0.05, 0.1) is 6.54 Å². The Labute approximate surface area is 141 Å². The molecule has 128 valence electrons. The maximum atomic E-state index is 12.4. The van der Waals surface area contributed by atoms with E-state index in [2.05, 4.69) is 19.9 Å². The number of hydrogen-bond acceptors (Lipinski definition) is 2. The van der Waals surface area contributed by atoms with E-state index in [1.165, 1.54) is 51.4 Å². The third kappa shape index (κ3) is 2.13. The fourth-order valence-corrected chi connectivity index (χ4v) is 7.37. The van der Waals surface area contributed by atoms with Gasteiger partial charge in [0.25, 0.3) is 0 Å². The molecule has 2 N–H and O–H groups in total. The highest BCUT2D eigenvalue weighted by atomic mass is 16.1. The molecule has 23 heavy (non-hydrogen) atoms. The van der Waals surface area contributed by atoms with Crippen LogP contribution >= 0.6 is 0 Å². The lowest BCUT2D eigenvalue weighted by molar-refractivity contribution is -0.128. The molecule has 0 heterocycles. The molecule has 6 atom stereocenters. The van der Waals surface area contributed by atoms with Crippen LogP contribution in [0.1, 0.15) is 71.6 Å². The summed E-state index contributed by atoms with van der Waals surface area (Å²) in [5.74, 6) is 2.99. The van der Waals surface area contributed by atoms with Crippen LogP contribution in [0.5, 0.6) is 0 Å². The third-order valence-electron chi connectivity index (χ3n) is 8.61. The van der Waals surface area contributed by atoms with Crippen molar-refractivity contribution in [1.29, 1.82) is 0 Å². The van der Waals surface area contributed by atoms with E-state index in [1.54, 1.807) is 5.57 Å². The molecule has 0 aromatic rings. The lowest BCUT2D eigenvalue weighted by atomic mass is 9.47. The third-order valence-corrected chi connectivity index (χ3v) is 8.61. The maximum absolute atomic E-state index is 12.4. The monoisotopic (exact) mass is 315 g/mol. The van der Waals surface area contributed by atoms with Crippen molar-refractivity contribution < 1.29 is 4.79 Å². The number of hydrogen-bond donors (Lipinski definition) is 1. The number of allylic oxidation sites excluding steroid dienone is 2. The van der Waals surface area contributed by atoms with E-state index in [-0.39, 0.29) is 17.9 Å². The number of fused-ring (bicyclic) bond motifs is 5. The van der Waals surface area contributed by atoms with Gasteiger partial charge in [0.1, 0.15) is 5.78 Å². The van der Waals surface area contributed by atoms with Crippen molar-refractivity contribution in [3.63, 3.8) is 0 Å². The summed E-state index contributed by atoms with van der Waals surface area (Å²) in [7, 11) is 0. The van der Waals surface area contributed by atoms with Gasteiger partial charge in [-0.25, -0.2) is 0 Å². The van der Waals surface area contributed by atoms with E-state index in [1.807, 2.05) is 0 Å². The summed E-state index contributed by atoms with van der Waals surface area (Å²) in [6.07, 6.45) is 14.4. The summed E-state index contributed by atoms with van der Waals surface area (Å²) in [6, 6.07) is 0. The summed E-state index contributed by atoms with van der Waals surface area (Å²) in [4.78, 5) is 12.4. The second-order valence-corrected chi connectivity index (χ2v) is 9.31. The standard InChI is InChI=1S/C21H33NO/c1-20-11-4-3-5-14(20)6-7-15-16-8-9-18(19(23)13-22)21(16,2)12-10-17(15)20/h6,15-18H,3-5,7-13,22H2,1-2H3/t15-,16-,17-,18+,20-,21-/m0/s1. The molecule has 0 saturated heterocycles. The smallest absolute Gasteiger partial charge is 0.150 e. The molecule has 0 spiro atoms. The minimum atomic E-state index is 0.230. The average molecular weight is 316 g/mol. The zero-order valence-electron chi connectivity index (χ0n) is 14.9. The Kier molecular flexibility index (Phi) is 3.75. The van der Waals surface area contributed by atoms with Crippen molar-refractivity contribution in [2.75, 3.05) is 6.54 Å². The van der Waals surface area contributed by atoms with Gasteiger partial charge in [0.15, 0.2) is 0 Å². The first kappa shape index (κ1) is 15.9. The predicted octanol–water partition coefficient (Wildman–Crippen LogP) is 4.48. The lowest BCUT2D eigenvalue weighted by Crippen LogP contribution is -2.50. The van der Waals surface area contributed by atoms with Gasteiger partial charge in [0.2, 0.25) is 0 Å². The van der Waals surface area contributed by atoms with Gasteiger partial charge in [-0.2, -0.15) is 0 Å². The topological polar surface area (TPSA) is 43.1 Å². The molecule has 0 aliphatic heterocycles. The molecule has 0 amide bonds. The first-order valence-electron chi connectivity index (χ1n) is 9.93. The van der Waals surface area contributed by atoms with E-state index >= 15 is 0 Å². The fraction of sp³-hybridized carbons (Fsp3) is 0.857. The summed E-state index contributed by atoms with van der Waals surface area (Å²) >= 11 is 0. The number of rotatable bonds is 2. The van der Waals surface area contributed by atoms with Crippen LogP contribution < -0.4 is 5.73 Å². The highest BCUT2D eigenvalue weighted by Gasteiger charge is 2.59. The fourth-order valence-electron chi connectivity index (χ4n) is 7.37. The molecule has 0 radical (unpaired) electrons. The van der Waals surface area contributed by atoms with Crippen LogP contribution in [-0.4, -0.2) is 12.3 Å². The van der Waals surface area contributed by atoms with Crippen LogP contribution in [0.15, 0.2) is 11.6 Å². The lowest BCUT2D eigenvalue weighted by Gasteiger charge is -2.57. The van der Waals surface area contributed by atoms with Crippen LogP contribution in [-0.2, 0) is 4.79 Å². The molecule has 0 bridgehead atoms. The first-order chi connectivity index (χ1) is 11.0. The number of ketones is 1. The molecule has 4 aliphatic rings. The molecule has 3 fully saturated rings. The normalized spacial score (nSPS) is 48.9. The van der Waals surface area contributed by atoms with Crippen molar-refractivity contribution in [2.45, 2.75) is 71.6 Å². The van der Waals surface area contributed by atoms with Crippen LogP contribution in [0.25, 0.3) is 0 Å². The van der Waals surface area contributed by atoms with Crippen molar-refractivity contribution in [3.8, 4) is 0 Å². The Hall–Kier alpha value is -0.630. The van der Waals surface area contributed by atoms with E-state index in [0.717, 1.165) is 24.2 Å². The first-order valence-corrected chi connectivity index (χ1v) is 9.93. The van der Waals surface area contributed by atoms with Crippen molar-refractivity contribution >= 4 is 5.78 Å². The van der Waals surface area contributed by atoms with Gasteiger partial charge >= 0.3 is 0 Å². The Morgan fingerprint density at radius 3 is 2.78 bits per heavy atom. The predicted molar refractivity (Wildman–Crippen MR) is 93.9 cm³/mol. The maximum Gasteiger partial charge on any atom is 0.150 e. The number of Topliss-reactive ketones (excluding diaryl/α,β-unsaturated/α-hetero) is 1. The zero-order chi connectivity index (χ0) is 16.2. The van der Waals surface area contributed by atoms with Crippen LogP contribution in [0.4, 0.5) is 0 Å². The van der Waals surface area contributed by atoms with Crippen molar-refractivity contribution in [1.82, 2.24) is 0 Å². The number of carbonyl (C=O) groups excluding carboxylic acids is 1. The highest BCUT2D eigenvalue weighted by Crippen LogP contribution is 2.66. The van der Waals surface area contributed by atoms with E-state index < -0.39 is 0 Å². The molecule has 4 aliphatic carbocycles. The van der Waals surface area contributed by atoms with E-state index in [9.17, 15) is 4.79 Å². The largest absolute Gasteiger partial charge is 0.324 e. The summed E-state index contributed by atoms with van der Waals surface area (Å²) in [5, 5.41) is 0. The number of nitrogens with two attached hydrogens (primary N) is 1. The molecule has 0 aromatic carbocycles. The van der Waals surface area contributed by atoms with Crippen LogP contribution in [0.2, 0.25) is 0 Å². The van der Waals surface area contributed by atoms with Crippen molar-refractivity contribution in [3.05, 3.63) is 11.6 Å². The second-order valence-electron chi connectivity index (χ2n) is 9.31.